The van der Waals surface area contributed by atoms with E-state index in [1.54, 1.807) is 6.34 Å². The Hall–Kier alpha value is -0.610. The first-order chi connectivity index (χ1) is 7.68. The summed E-state index contributed by atoms with van der Waals surface area (Å²) in [5, 5.41) is 0.340. The number of nitrogens with zero attached hydrogens (tertiary/aromatic N) is 3. The van der Waals surface area contributed by atoms with Crippen LogP contribution >= 0.6 is 11.6 Å². The lowest BCUT2D eigenvalue weighted by Gasteiger charge is -2.23. The molecule has 0 amide bonds. The van der Waals surface area contributed by atoms with Gasteiger partial charge in [-0.25, -0.2) is 4.99 Å². The maximum atomic E-state index is 5.88. The van der Waals surface area contributed by atoms with Crippen LogP contribution in [-0.4, -0.2) is 49.4 Å². The summed E-state index contributed by atoms with van der Waals surface area (Å²) in [4.78, 5) is 10.4. The predicted molar refractivity (Wildman–Crippen MR) is 68.5 cm³/mol. The van der Waals surface area contributed by atoms with Crippen LogP contribution in [0.3, 0.4) is 0 Å². The highest BCUT2D eigenvalue weighted by Gasteiger charge is 2.05. The minimum Gasteiger partial charge on any atom is -0.378 e. The van der Waals surface area contributed by atoms with Gasteiger partial charge in [0.2, 0.25) is 5.29 Å². The van der Waals surface area contributed by atoms with Gasteiger partial charge in [0.05, 0.1) is 19.6 Å². The third kappa shape index (κ3) is 6.08. The fourth-order valence-electron chi connectivity index (χ4n) is 1.28. The summed E-state index contributed by atoms with van der Waals surface area (Å²) >= 11 is 5.88. The summed E-state index contributed by atoms with van der Waals surface area (Å²) in [6.07, 6.45) is 2.80. The highest BCUT2D eigenvalue weighted by Crippen LogP contribution is 2.00. The average Bonchev–Trinajstić information content (AvgIpc) is 2.27. The van der Waals surface area contributed by atoms with Gasteiger partial charge in [-0.1, -0.05) is 13.8 Å². The van der Waals surface area contributed by atoms with Gasteiger partial charge in [-0.05, 0) is 23.9 Å². The largest absolute Gasteiger partial charge is 0.378 e. The van der Waals surface area contributed by atoms with E-state index in [0.29, 0.717) is 11.2 Å². The molecule has 0 bridgehead atoms. The van der Waals surface area contributed by atoms with Crippen molar-refractivity contribution in [2.75, 3.05) is 32.8 Å². The molecule has 1 rings (SSSR count). The Balaban J connectivity index is 2.25. The monoisotopic (exact) mass is 245 g/mol. The topological polar surface area (TPSA) is 37.2 Å². The molecular formula is C11H20ClN3O. The molecule has 0 aromatic rings. The van der Waals surface area contributed by atoms with E-state index < -0.39 is 0 Å². The number of halogens is 1. The van der Waals surface area contributed by atoms with Crippen molar-refractivity contribution < 1.29 is 4.74 Å². The number of hydrogen-bond acceptors (Lipinski definition) is 2. The average molecular weight is 246 g/mol. The van der Waals surface area contributed by atoms with E-state index in [4.69, 9.17) is 16.3 Å². The van der Waals surface area contributed by atoms with Crippen molar-refractivity contribution in [3.05, 3.63) is 0 Å². The third-order valence-corrected chi connectivity index (χ3v) is 2.54. The molecule has 1 aliphatic rings. The van der Waals surface area contributed by atoms with Crippen LogP contribution in [0.5, 0.6) is 0 Å². The lowest BCUT2D eigenvalue weighted by atomic mass is 10.1. The highest BCUT2D eigenvalue weighted by molar-refractivity contribution is 6.65. The molecule has 0 N–H and O–H groups in total. The minimum atomic E-state index is 0.340. The third-order valence-electron chi connectivity index (χ3n) is 2.32. The summed E-state index contributed by atoms with van der Waals surface area (Å²) in [7, 11) is 0. The second kappa shape index (κ2) is 7.63. The van der Waals surface area contributed by atoms with Gasteiger partial charge in [0.25, 0.3) is 0 Å². The molecule has 0 unspecified atom stereocenters. The zero-order valence-corrected chi connectivity index (χ0v) is 10.8. The van der Waals surface area contributed by atoms with Crippen LogP contribution in [0.4, 0.5) is 0 Å². The minimum absolute atomic E-state index is 0.340. The number of hydrogen-bond donors (Lipinski definition) is 0. The lowest BCUT2D eigenvalue weighted by Crippen LogP contribution is -2.35. The molecule has 1 aliphatic heterocycles. The molecule has 0 spiro atoms. The molecule has 0 aromatic carbocycles. The molecule has 1 heterocycles. The molecule has 0 aliphatic carbocycles. The summed E-state index contributed by atoms with van der Waals surface area (Å²) in [6, 6.07) is 0. The molecule has 16 heavy (non-hydrogen) atoms. The van der Waals surface area contributed by atoms with E-state index in [9.17, 15) is 0 Å². The first-order valence-corrected chi connectivity index (χ1v) is 6.12. The molecule has 4 nitrogen and oxygen atoms in total. The normalized spacial score (nSPS) is 18.8. The van der Waals surface area contributed by atoms with Gasteiger partial charge < -0.3 is 9.64 Å². The SMILES string of the molecule is CC(C)CC/N=C(Cl)\N=C\N1CCOCC1. The van der Waals surface area contributed by atoms with E-state index >= 15 is 0 Å². The van der Waals surface area contributed by atoms with Crippen molar-refractivity contribution in [1.82, 2.24) is 4.90 Å². The van der Waals surface area contributed by atoms with Crippen LogP contribution in [0.2, 0.25) is 0 Å². The van der Waals surface area contributed by atoms with Crippen molar-refractivity contribution in [2.45, 2.75) is 20.3 Å². The zero-order chi connectivity index (χ0) is 11.8. The van der Waals surface area contributed by atoms with Gasteiger partial charge in [0.1, 0.15) is 0 Å². The molecule has 0 atom stereocenters. The number of aliphatic imine (C=N–C) groups is 2. The molecule has 0 aromatic heterocycles. The van der Waals surface area contributed by atoms with Crippen molar-refractivity contribution in [2.24, 2.45) is 15.9 Å². The van der Waals surface area contributed by atoms with Crippen molar-refractivity contribution in [3.8, 4) is 0 Å². The predicted octanol–water partition coefficient (Wildman–Crippen LogP) is 1.99. The Labute approximate surface area is 102 Å². The summed E-state index contributed by atoms with van der Waals surface area (Å²) in [5.74, 6) is 0.649. The Morgan fingerprint density at radius 1 is 1.44 bits per heavy atom. The second-order valence-electron chi connectivity index (χ2n) is 4.23. The van der Waals surface area contributed by atoms with Gasteiger partial charge in [-0.3, -0.25) is 4.99 Å². The van der Waals surface area contributed by atoms with Crippen LogP contribution in [0, 0.1) is 5.92 Å². The maximum absolute atomic E-state index is 5.88. The summed E-state index contributed by atoms with van der Waals surface area (Å²) < 4.78 is 5.23. The summed E-state index contributed by atoms with van der Waals surface area (Å²) in [5.41, 5.74) is 0. The number of morpholine rings is 1. The van der Waals surface area contributed by atoms with Crippen molar-refractivity contribution in [3.63, 3.8) is 0 Å². The van der Waals surface area contributed by atoms with Gasteiger partial charge in [-0.15, -0.1) is 0 Å². The van der Waals surface area contributed by atoms with Gasteiger partial charge in [0, 0.05) is 19.6 Å². The van der Waals surface area contributed by atoms with Crippen LogP contribution in [0.15, 0.2) is 9.98 Å². The zero-order valence-electron chi connectivity index (χ0n) is 10.0. The van der Waals surface area contributed by atoms with Crippen LogP contribution in [-0.2, 0) is 4.74 Å². The van der Waals surface area contributed by atoms with Gasteiger partial charge >= 0.3 is 0 Å². The second-order valence-corrected chi connectivity index (χ2v) is 4.56. The van der Waals surface area contributed by atoms with Gasteiger partial charge in [-0.2, -0.15) is 0 Å². The Morgan fingerprint density at radius 2 is 2.12 bits per heavy atom. The quantitative estimate of drug-likeness (QED) is 0.432. The molecular weight excluding hydrogens is 226 g/mol. The fraction of sp³-hybridized carbons (Fsp3) is 0.818. The maximum Gasteiger partial charge on any atom is 0.219 e. The lowest BCUT2D eigenvalue weighted by molar-refractivity contribution is 0.0701. The molecule has 92 valence electrons. The number of rotatable bonds is 4. The molecule has 1 fully saturated rings. The Kier molecular flexibility index (Phi) is 6.42. The van der Waals surface area contributed by atoms with Crippen LogP contribution in [0.1, 0.15) is 20.3 Å². The van der Waals surface area contributed by atoms with E-state index in [1.165, 1.54) is 0 Å². The van der Waals surface area contributed by atoms with E-state index in [-0.39, 0.29) is 0 Å². The van der Waals surface area contributed by atoms with Crippen molar-refractivity contribution >= 4 is 23.2 Å². The smallest absolute Gasteiger partial charge is 0.219 e. The molecule has 0 radical (unpaired) electrons. The first kappa shape index (κ1) is 13.5. The first-order valence-electron chi connectivity index (χ1n) is 5.74. The van der Waals surface area contributed by atoms with E-state index in [2.05, 4.69) is 28.7 Å². The molecule has 5 heteroatoms. The summed E-state index contributed by atoms with van der Waals surface area (Å²) in [6.45, 7) is 8.35. The standard InChI is InChI=1S/C11H20ClN3O/c1-10(2)3-4-13-11(12)14-9-15-5-7-16-8-6-15/h9-10H,3-8H2,1-2H3/b13-11-,14-9+. The number of amidine groups is 1. The Bertz CT molecular complexity index is 248. The van der Waals surface area contributed by atoms with Crippen LogP contribution < -0.4 is 0 Å². The number of ether oxygens (including phenoxy) is 1. The molecule has 0 saturated carbocycles. The van der Waals surface area contributed by atoms with E-state index in [1.807, 2.05) is 0 Å². The fourth-order valence-corrected chi connectivity index (χ4v) is 1.41. The van der Waals surface area contributed by atoms with E-state index in [0.717, 1.165) is 39.3 Å². The Morgan fingerprint density at radius 3 is 2.75 bits per heavy atom. The molecule has 1 saturated heterocycles. The van der Waals surface area contributed by atoms with Crippen molar-refractivity contribution in [1.29, 1.82) is 0 Å². The van der Waals surface area contributed by atoms with Crippen LogP contribution in [0.25, 0.3) is 0 Å². The van der Waals surface area contributed by atoms with Gasteiger partial charge in [0.15, 0.2) is 0 Å². The highest BCUT2D eigenvalue weighted by atomic mass is 35.5.